The highest BCUT2D eigenvalue weighted by Crippen LogP contribution is 2.33. The molecule has 1 aliphatic heterocycles. The van der Waals surface area contributed by atoms with Crippen LogP contribution in [0.4, 0.5) is 0 Å². The summed E-state index contributed by atoms with van der Waals surface area (Å²) < 4.78 is 10.7. The van der Waals surface area contributed by atoms with Crippen LogP contribution in [0, 0.1) is 0 Å². The van der Waals surface area contributed by atoms with E-state index in [1.165, 1.54) is 11.8 Å². The van der Waals surface area contributed by atoms with E-state index in [0.717, 1.165) is 16.2 Å². The van der Waals surface area contributed by atoms with Gasteiger partial charge in [0.15, 0.2) is 5.17 Å². The molecule has 8 heteroatoms. The first-order chi connectivity index (χ1) is 10.2. The Bertz CT molecular complexity index is 603. The van der Waals surface area contributed by atoms with Gasteiger partial charge in [-0.25, -0.2) is 0 Å². The lowest BCUT2D eigenvalue weighted by molar-refractivity contribution is -0.116. The summed E-state index contributed by atoms with van der Waals surface area (Å²) in [5.74, 6) is 1.76. The van der Waals surface area contributed by atoms with E-state index in [2.05, 4.69) is 15.5 Å². The monoisotopic (exact) mass is 325 g/mol. The van der Waals surface area contributed by atoms with Gasteiger partial charge in [0, 0.05) is 5.56 Å². The summed E-state index contributed by atoms with van der Waals surface area (Å²) >= 11 is 2.90. The third-order valence-electron chi connectivity index (χ3n) is 2.67. The second-order valence-electron chi connectivity index (χ2n) is 3.94. The van der Waals surface area contributed by atoms with Crippen molar-refractivity contribution in [1.29, 1.82) is 0 Å². The number of methoxy groups -OCH3 is 2. The highest BCUT2D eigenvalue weighted by Gasteiger charge is 2.16. The van der Waals surface area contributed by atoms with Gasteiger partial charge in [-0.1, -0.05) is 11.8 Å². The predicted octanol–water partition coefficient (Wildman–Crippen LogP) is 1.98. The van der Waals surface area contributed by atoms with Crippen LogP contribution in [0.3, 0.4) is 0 Å². The van der Waals surface area contributed by atoms with E-state index < -0.39 is 0 Å². The largest absolute Gasteiger partial charge is 0.496 e. The fraction of sp³-hybridized carbons (Fsp3) is 0.308. The van der Waals surface area contributed by atoms with E-state index in [0.29, 0.717) is 16.7 Å². The van der Waals surface area contributed by atoms with E-state index >= 15 is 0 Å². The van der Waals surface area contributed by atoms with Crippen LogP contribution in [-0.2, 0) is 4.79 Å². The fourth-order valence-corrected chi connectivity index (χ4v) is 2.88. The van der Waals surface area contributed by atoms with E-state index in [9.17, 15) is 4.79 Å². The van der Waals surface area contributed by atoms with Crippen LogP contribution >= 0.6 is 23.5 Å². The smallest absolute Gasteiger partial charge is 0.236 e. The number of nitrogens with zero attached hydrogens (tertiary/aromatic N) is 2. The molecule has 1 aromatic rings. The summed E-state index contributed by atoms with van der Waals surface area (Å²) in [5.41, 5.74) is 0.755. The summed E-state index contributed by atoms with van der Waals surface area (Å²) in [6.45, 7) is 0. The topological polar surface area (TPSA) is 72.3 Å². The molecule has 1 aliphatic rings. The summed E-state index contributed by atoms with van der Waals surface area (Å²) in [5, 5.41) is 11.1. The van der Waals surface area contributed by atoms with Crippen molar-refractivity contribution in [3.8, 4) is 11.5 Å². The van der Waals surface area contributed by atoms with Gasteiger partial charge in [0.05, 0.1) is 31.1 Å². The van der Waals surface area contributed by atoms with Gasteiger partial charge in [0.2, 0.25) is 5.91 Å². The molecule has 0 atom stereocenters. The molecule has 1 fully saturated rings. The minimum atomic E-state index is -0.0578. The number of carbonyl (C=O) groups is 1. The molecule has 0 aliphatic carbocycles. The van der Waals surface area contributed by atoms with Gasteiger partial charge in [-0.05, 0) is 18.4 Å². The zero-order valence-corrected chi connectivity index (χ0v) is 13.5. The Morgan fingerprint density at radius 1 is 1.33 bits per heavy atom. The van der Waals surface area contributed by atoms with Crippen LogP contribution in [0.15, 0.2) is 27.2 Å². The van der Waals surface area contributed by atoms with Crippen LogP contribution in [-0.4, -0.2) is 43.5 Å². The number of amidine groups is 1. The van der Waals surface area contributed by atoms with Crippen molar-refractivity contribution in [1.82, 2.24) is 5.32 Å². The Balaban J connectivity index is 2.24. The highest BCUT2D eigenvalue weighted by molar-refractivity contribution is 8.15. The summed E-state index contributed by atoms with van der Waals surface area (Å²) in [6, 6.07) is 3.73. The van der Waals surface area contributed by atoms with Gasteiger partial charge in [-0.3, -0.25) is 4.79 Å². The highest BCUT2D eigenvalue weighted by atomic mass is 32.2. The van der Waals surface area contributed by atoms with Gasteiger partial charge >= 0.3 is 0 Å². The number of benzene rings is 1. The molecule has 0 aromatic heterocycles. The standard InChI is InChI=1S/C13H15N3O3S2/c1-18-9-5-11(20-3)10(19-2)4-8(9)6-14-16-13-15-12(17)7-21-13/h4-6H,7H2,1-3H3,(H,15,16,17). The molecular weight excluding hydrogens is 310 g/mol. The Kier molecular flexibility index (Phi) is 5.51. The van der Waals surface area contributed by atoms with Crippen molar-refractivity contribution >= 4 is 40.8 Å². The van der Waals surface area contributed by atoms with Crippen molar-refractivity contribution in [2.24, 2.45) is 10.2 Å². The lowest BCUT2D eigenvalue weighted by Gasteiger charge is -2.11. The number of hydrogen-bond acceptors (Lipinski definition) is 7. The van der Waals surface area contributed by atoms with Gasteiger partial charge in [0.25, 0.3) is 0 Å². The third kappa shape index (κ3) is 3.92. The van der Waals surface area contributed by atoms with Gasteiger partial charge < -0.3 is 14.8 Å². The van der Waals surface area contributed by atoms with E-state index in [4.69, 9.17) is 9.47 Å². The van der Waals surface area contributed by atoms with E-state index in [1.54, 1.807) is 32.2 Å². The molecule has 0 unspecified atom stereocenters. The Labute approximate surface area is 131 Å². The number of ether oxygens (including phenoxy) is 2. The maximum atomic E-state index is 11.0. The van der Waals surface area contributed by atoms with Crippen molar-refractivity contribution in [2.75, 3.05) is 26.2 Å². The fourth-order valence-electron chi connectivity index (χ4n) is 1.68. The van der Waals surface area contributed by atoms with Gasteiger partial charge in [-0.2, -0.15) is 5.10 Å². The molecule has 1 aromatic carbocycles. The van der Waals surface area contributed by atoms with Crippen LogP contribution in [0.5, 0.6) is 11.5 Å². The van der Waals surface area contributed by atoms with Gasteiger partial charge in [-0.15, -0.1) is 16.9 Å². The van der Waals surface area contributed by atoms with Crippen LogP contribution in [0.1, 0.15) is 5.56 Å². The molecule has 2 rings (SSSR count). The lowest BCUT2D eigenvalue weighted by Crippen LogP contribution is -2.19. The summed E-state index contributed by atoms with van der Waals surface area (Å²) in [6.07, 6.45) is 3.54. The average Bonchev–Trinajstić information content (AvgIpc) is 2.92. The Hall–Kier alpha value is -1.67. The number of nitrogens with one attached hydrogen (secondary N) is 1. The molecule has 1 saturated heterocycles. The molecule has 0 saturated carbocycles. The summed E-state index contributed by atoms with van der Waals surface area (Å²) in [7, 11) is 3.22. The molecule has 21 heavy (non-hydrogen) atoms. The first-order valence-electron chi connectivity index (χ1n) is 6.01. The second-order valence-corrected chi connectivity index (χ2v) is 5.75. The maximum absolute atomic E-state index is 11.0. The number of thioether (sulfide) groups is 2. The molecule has 0 spiro atoms. The first-order valence-corrected chi connectivity index (χ1v) is 8.22. The Morgan fingerprint density at radius 3 is 2.67 bits per heavy atom. The lowest BCUT2D eigenvalue weighted by atomic mass is 10.2. The third-order valence-corrected chi connectivity index (χ3v) is 4.29. The number of rotatable bonds is 5. The molecule has 0 radical (unpaired) electrons. The van der Waals surface area contributed by atoms with Gasteiger partial charge in [0.1, 0.15) is 11.5 Å². The molecule has 1 heterocycles. The minimum Gasteiger partial charge on any atom is -0.496 e. The minimum absolute atomic E-state index is 0.0578. The molecule has 0 bridgehead atoms. The van der Waals surface area contributed by atoms with Crippen LogP contribution in [0.25, 0.3) is 0 Å². The van der Waals surface area contributed by atoms with E-state index in [1.807, 2.05) is 18.4 Å². The molecule has 1 amide bonds. The quantitative estimate of drug-likeness (QED) is 0.509. The summed E-state index contributed by atoms with van der Waals surface area (Å²) in [4.78, 5) is 12.0. The zero-order chi connectivity index (χ0) is 15.2. The van der Waals surface area contributed by atoms with Crippen LogP contribution in [0.2, 0.25) is 0 Å². The molecule has 6 nitrogen and oxygen atoms in total. The normalized spacial score (nSPS) is 16.5. The zero-order valence-electron chi connectivity index (χ0n) is 11.9. The number of carbonyl (C=O) groups excluding carboxylic acids is 1. The maximum Gasteiger partial charge on any atom is 0.236 e. The first kappa shape index (κ1) is 15.7. The van der Waals surface area contributed by atoms with E-state index in [-0.39, 0.29) is 5.91 Å². The van der Waals surface area contributed by atoms with Crippen molar-refractivity contribution in [3.63, 3.8) is 0 Å². The average molecular weight is 325 g/mol. The van der Waals surface area contributed by atoms with Crippen LogP contribution < -0.4 is 14.8 Å². The molecule has 112 valence electrons. The van der Waals surface area contributed by atoms with Crippen molar-refractivity contribution < 1.29 is 14.3 Å². The predicted molar refractivity (Wildman–Crippen MR) is 87.0 cm³/mol. The Morgan fingerprint density at radius 2 is 2.10 bits per heavy atom. The molecule has 1 N–H and O–H groups in total. The number of hydrogen-bond donors (Lipinski definition) is 1. The molecular formula is C13H15N3O3S2. The van der Waals surface area contributed by atoms with Crippen molar-refractivity contribution in [3.05, 3.63) is 17.7 Å². The second kappa shape index (κ2) is 7.37. The SMILES string of the molecule is COc1cc(SC)c(OC)cc1C=NN=C1NC(=O)CS1. The van der Waals surface area contributed by atoms with Crippen molar-refractivity contribution in [2.45, 2.75) is 4.90 Å². The number of amides is 1.